The van der Waals surface area contributed by atoms with Crippen molar-refractivity contribution in [2.75, 3.05) is 33.8 Å². The van der Waals surface area contributed by atoms with Gasteiger partial charge in [-0.15, -0.1) is 11.3 Å². The van der Waals surface area contributed by atoms with Gasteiger partial charge in [0, 0.05) is 31.7 Å². The van der Waals surface area contributed by atoms with Gasteiger partial charge in [-0.25, -0.2) is 0 Å². The molecule has 1 aliphatic heterocycles. The van der Waals surface area contributed by atoms with E-state index in [2.05, 4.69) is 4.90 Å². The van der Waals surface area contributed by atoms with Crippen molar-refractivity contribution in [2.24, 2.45) is 5.92 Å². The van der Waals surface area contributed by atoms with Crippen molar-refractivity contribution >= 4 is 17.2 Å². The molecule has 1 amide bonds. The predicted molar refractivity (Wildman–Crippen MR) is 72.9 cm³/mol. The van der Waals surface area contributed by atoms with Crippen LogP contribution in [0.3, 0.4) is 0 Å². The van der Waals surface area contributed by atoms with E-state index in [4.69, 9.17) is 0 Å². The number of aliphatic hydroxyl groups excluding tert-OH is 1. The van der Waals surface area contributed by atoms with Gasteiger partial charge in [0.05, 0.1) is 4.88 Å². The second-order valence-corrected chi connectivity index (χ2v) is 5.94. The van der Waals surface area contributed by atoms with Crippen LogP contribution in [0.15, 0.2) is 17.5 Å². The summed E-state index contributed by atoms with van der Waals surface area (Å²) in [6.07, 6.45) is 0.871. The maximum Gasteiger partial charge on any atom is 0.263 e. The molecule has 0 unspecified atom stereocenters. The van der Waals surface area contributed by atoms with Crippen LogP contribution in [0, 0.1) is 5.92 Å². The van der Waals surface area contributed by atoms with Crippen LogP contribution in [0.5, 0.6) is 0 Å². The van der Waals surface area contributed by atoms with Crippen LogP contribution in [0.4, 0.5) is 0 Å². The molecule has 0 aliphatic carbocycles. The molecule has 100 valence electrons. The summed E-state index contributed by atoms with van der Waals surface area (Å²) in [5.41, 5.74) is 0. The molecule has 18 heavy (non-hydrogen) atoms. The summed E-state index contributed by atoms with van der Waals surface area (Å²) in [4.78, 5) is 17.1. The molecule has 1 aromatic heterocycles. The first-order valence-corrected chi connectivity index (χ1v) is 7.11. The average molecular weight is 268 g/mol. The molecule has 2 atom stereocenters. The van der Waals surface area contributed by atoms with Crippen LogP contribution >= 0.6 is 11.3 Å². The Balaban J connectivity index is 2.06. The van der Waals surface area contributed by atoms with Gasteiger partial charge in [0.15, 0.2) is 0 Å². The van der Waals surface area contributed by atoms with Crippen LogP contribution in [0.2, 0.25) is 0 Å². The van der Waals surface area contributed by atoms with Crippen molar-refractivity contribution < 1.29 is 9.90 Å². The van der Waals surface area contributed by atoms with E-state index in [-0.39, 0.29) is 24.5 Å². The number of thiophene rings is 1. The fourth-order valence-electron chi connectivity index (χ4n) is 2.52. The fourth-order valence-corrected chi connectivity index (χ4v) is 3.21. The molecule has 5 heteroatoms. The molecule has 0 saturated carbocycles. The SMILES string of the molecule is CN(C)[C@@H]1CN(C(=O)c2cccs2)CC[C@@H]1CO. The van der Waals surface area contributed by atoms with E-state index in [9.17, 15) is 9.90 Å². The number of piperidine rings is 1. The van der Waals surface area contributed by atoms with Crippen molar-refractivity contribution in [3.8, 4) is 0 Å². The third-order valence-electron chi connectivity index (χ3n) is 3.64. The number of carbonyl (C=O) groups is 1. The van der Waals surface area contributed by atoms with Crippen molar-refractivity contribution in [1.29, 1.82) is 0 Å². The smallest absolute Gasteiger partial charge is 0.263 e. The second-order valence-electron chi connectivity index (χ2n) is 4.99. The molecule has 1 aliphatic rings. The summed E-state index contributed by atoms with van der Waals surface area (Å²) in [5.74, 6) is 0.389. The van der Waals surface area contributed by atoms with Crippen molar-refractivity contribution in [3.63, 3.8) is 0 Å². The zero-order chi connectivity index (χ0) is 13.1. The minimum atomic E-state index is 0.119. The summed E-state index contributed by atoms with van der Waals surface area (Å²) in [5, 5.41) is 11.3. The number of hydrogen-bond acceptors (Lipinski definition) is 4. The Morgan fingerprint density at radius 2 is 2.39 bits per heavy atom. The number of likely N-dealkylation sites (N-methyl/N-ethyl adjacent to an activating group) is 1. The molecule has 1 aromatic rings. The van der Waals surface area contributed by atoms with E-state index in [1.165, 1.54) is 11.3 Å². The first kappa shape index (κ1) is 13.5. The topological polar surface area (TPSA) is 43.8 Å². The number of amides is 1. The van der Waals surface area contributed by atoms with E-state index >= 15 is 0 Å². The molecule has 1 saturated heterocycles. The van der Waals surface area contributed by atoms with E-state index in [0.717, 1.165) is 17.8 Å². The maximum absolute atomic E-state index is 12.3. The summed E-state index contributed by atoms with van der Waals surface area (Å²) in [7, 11) is 4.01. The third kappa shape index (κ3) is 2.74. The Kier molecular flexibility index (Phi) is 4.37. The van der Waals surface area contributed by atoms with E-state index in [0.29, 0.717) is 6.54 Å². The minimum absolute atomic E-state index is 0.119. The molecule has 0 radical (unpaired) electrons. The quantitative estimate of drug-likeness (QED) is 0.894. The molecule has 2 rings (SSSR count). The largest absolute Gasteiger partial charge is 0.396 e. The Morgan fingerprint density at radius 3 is 2.94 bits per heavy atom. The zero-order valence-corrected chi connectivity index (χ0v) is 11.7. The number of aliphatic hydroxyl groups is 1. The Hall–Kier alpha value is -0.910. The number of rotatable bonds is 3. The number of hydrogen-bond donors (Lipinski definition) is 1. The highest BCUT2D eigenvalue weighted by molar-refractivity contribution is 7.12. The van der Waals surface area contributed by atoms with Gasteiger partial charge in [0.1, 0.15) is 0 Å². The lowest BCUT2D eigenvalue weighted by atomic mass is 9.91. The summed E-state index contributed by atoms with van der Waals surface area (Å²) < 4.78 is 0. The predicted octanol–water partition coefficient (Wildman–Crippen LogP) is 1.13. The van der Waals surface area contributed by atoms with Gasteiger partial charge < -0.3 is 14.9 Å². The van der Waals surface area contributed by atoms with Gasteiger partial charge >= 0.3 is 0 Å². The molecular formula is C13H20N2O2S. The summed E-state index contributed by atoms with van der Waals surface area (Å²) >= 11 is 1.49. The van der Waals surface area contributed by atoms with E-state index in [1.807, 2.05) is 36.5 Å². The maximum atomic E-state index is 12.3. The highest BCUT2D eigenvalue weighted by Crippen LogP contribution is 2.23. The number of likely N-dealkylation sites (tertiary alicyclic amines) is 1. The average Bonchev–Trinajstić information content (AvgIpc) is 2.90. The van der Waals surface area contributed by atoms with Crippen LogP contribution in [0.25, 0.3) is 0 Å². The molecule has 2 heterocycles. The standard InChI is InChI=1S/C13H20N2O2S/c1-14(2)11-8-15(6-5-10(11)9-16)13(17)12-4-3-7-18-12/h3-4,7,10-11,16H,5-6,8-9H2,1-2H3/t10-,11-/m1/s1. The first-order chi connectivity index (χ1) is 8.63. The van der Waals surface area contributed by atoms with Crippen LogP contribution < -0.4 is 0 Å². The monoisotopic (exact) mass is 268 g/mol. The van der Waals surface area contributed by atoms with Gasteiger partial charge in [0.2, 0.25) is 0 Å². The molecule has 0 spiro atoms. The molecular weight excluding hydrogens is 248 g/mol. The van der Waals surface area contributed by atoms with Crippen molar-refractivity contribution in [1.82, 2.24) is 9.80 Å². The van der Waals surface area contributed by atoms with E-state index < -0.39 is 0 Å². The van der Waals surface area contributed by atoms with E-state index in [1.54, 1.807) is 0 Å². The van der Waals surface area contributed by atoms with Gasteiger partial charge in [-0.05, 0) is 32.0 Å². The highest BCUT2D eigenvalue weighted by Gasteiger charge is 2.32. The van der Waals surface area contributed by atoms with Crippen LogP contribution in [-0.2, 0) is 0 Å². The lowest BCUT2D eigenvalue weighted by Crippen LogP contribution is -2.52. The molecule has 1 fully saturated rings. The Bertz CT molecular complexity index is 392. The normalized spacial score (nSPS) is 24.6. The molecule has 0 bridgehead atoms. The highest BCUT2D eigenvalue weighted by atomic mass is 32.1. The first-order valence-electron chi connectivity index (χ1n) is 6.23. The number of nitrogens with zero attached hydrogens (tertiary/aromatic N) is 2. The fraction of sp³-hybridized carbons (Fsp3) is 0.615. The van der Waals surface area contributed by atoms with Crippen molar-refractivity contribution in [2.45, 2.75) is 12.5 Å². The summed E-state index contributed by atoms with van der Waals surface area (Å²) in [6.45, 7) is 1.64. The lowest BCUT2D eigenvalue weighted by molar-refractivity contribution is 0.0382. The third-order valence-corrected chi connectivity index (χ3v) is 4.50. The van der Waals surface area contributed by atoms with Gasteiger partial charge in [-0.1, -0.05) is 6.07 Å². The molecule has 4 nitrogen and oxygen atoms in total. The number of carbonyl (C=O) groups excluding carboxylic acids is 1. The summed E-state index contributed by atoms with van der Waals surface area (Å²) in [6, 6.07) is 4.02. The molecule has 1 N–H and O–H groups in total. The van der Waals surface area contributed by atoms with Crippen LogP contribution in [-0.4, -0.2) is 60.6 Å². The molecule has 0 aromatic carbocycles. The zero-order valence-electron chi connectivity index (χ0n) is 10.9. The van der Waals surface area contributed by atoms with Gasteiger partial charge in [0.25, 0.3) is 5.91 Å². The minimum Gasteiger partial charge on any atom is -0.396 e. The lowest BCUT2D eigenvalue weighted by Gasteiger charge is -2.41. The van der Waals surface area contributed by atoms with Gasteiger partial charge in [-0.3, -0.25) is 4.79 Å². The van der Waals surface area contributed by atoms with Crippen molar-refractivity contribution in [3.05, 3.63) is 22.4 Å². The van der Waals surface area contributed by atoms with Crippen LogP contribution in [0.1, 0.15) is 16.1 Å². The van der Waals surface area contributed by atoms with Gasteiger partial charge in [-0.2, -0.15) is 0 Å². The second kappa shape index (κ2) is 5.82. The Labute approximate surface area is 112 Å². The Morgan fingerprint density at radius 1 is 1.61 bits per heavy atom.